The molecule has 0 aliphatic heterocycles. The fourth-order valence-corrected chi connectivity index (χ4v) is 3.15. The quantitative estimate of drug-likeness (QED) is 0.765. The monoisotopic (exact) mass is 210 g/mol. The second kappa shape index (κ2) is 5.31. The lowest BCUT2D eigenvalue weighted by atomic mass is 9.83. The van der Waals surface area contributed by atoms with Crippen LogP contribution in [0, 0.1) is 5.92 Å². The molecule has 0 bridgehead atoms. The lowest BCUT2D eigenvalue weighted by molar-refractivity contribution is 0.113. The largest absolute Gasteiger partial charge is 0.317 e. The van der Waals surface area contributed by atoms with Gasteiger partial charge in [0.05, 0.1) is 0 Å². The predicted molar refractivity (Wildman–Crippen MR) is 65.1 cm³/mol. The Labute approximate surface area is 94.4 Å². The van der Waals surface area contributed by atoms with Crippen molar-refractivity contribution in [3.8, 4) is 0 Å². The van der Waals surface area contributed by atoms with Crippen molar-refractivity contribution in [2.45, 2.75) is 57.0 Å². The van der Waals surface area contributed by atoms with E-state index < -0.39 is 0 Å². The molecule has 2 atom stereocenters. The third kappa shape index (κ3) is 2.73. The summed E-state index contributed by atoms with van der Waals surface area (Å²) in [6, 6.07) is 1.69. The maximum Gasteiger partial charge on any atom is 0.0104 e. The van der Waals surface area contributed by atoms with Crippen LogP contribution in [0.2, 0.25) is 0 Å². The molecule has 0 saturated heterocycles. The molecule has 0 aromatic rings. The lowest BCUT2D eigenvalue weighted by Gasteiger charge is -2.40. The van der Waals surface area contributed by atoms with Gasteiger partial charge in [0, 0.05) is 18.6 Å². The van der Waals surface area contributed by atoms with E-state index in [1.54, 1.807) is 0 Å². The van der Waals surface area contributed by atoms with E-state index in [4.69, 9.17) is 0 Å². The summed E-state index contributed by atoms with van der Waals surface area (Å²) in [6.45, 7) is 1.32. The van der Waals surface area contributed by atoms with Crippen molar-refractivity contribution in [2.24, 2.45) is 5.92 Å². The molecule has 0 heterocycles. The average molecular weight is 210 g/mol. The molecule has 2 aliphatic carbocycles. The first-order valence-corrected chi connectivity index (χ1v) is 6.68. The van der Waals surface area contributed by atoms with Gasteiger partial charge in [-0.2, -0.15) is 0 Å². The summed E-state index contributed by atoms with van der Waals surface area (Å²) in [5.41, 5.74) is 0. The Morgan fingerprint density at radius 1 is 1.07 bits per heavy atom. The van der Waals surface area contributed by atoms with Crippen LogP contribution in [-0.4, -0.2) is 37.6 Å². The van der Waals surface area contributed by atoms with E-state index in [-0.39, 0.29) is 0 Å². The summed E-state index contributed by atoms with van der Waals surface area (Å²) >= 11 is 0. The first-order chi connectivity index (χ1) is 7.31. The van der Waals surface area contributed by atoms with Crippen LogP contribution >= 0.6 is 0 Å². The van der Waals surface area contributed by atoms with Crippen LogP contribution in [-0.2, 0) is 0 Å². The van der Waals surface area contributed by atoms with Crippen molar-refractivity contribution in [1.82, 2.24) is 10.2 Å². The van der Waals surface area contributed by atoms with Gasteiger partial charge in [0.1, 0.15) is 0 Å². The zero-order valence-electron chi connectivity index (χ0n) is 10.3. The highest BCUT2D eigenvalue weighted by Crippen LogP contribution is 2.29. The molecule has 0 amide bonds. The van der Waals surface area contributed by atoms with E-state index in [2.05, 4.69) is 24.3 Å². The van der Waals surface area contributed by atoms with E-state index in [0.717, 1.165) is 18.0 Å². The first kappa shape index (κ1) is 11.4. The van der Waals surface area contributed by atoms with Crippen LogP contribution in [0.3, 0.4) is 0 Å². The number of rotatable bonds is 4. The normalized spacial score (nSPS) is 33.0. The maximum absolute atomic E-state index is 3.51. The Hall–Kier alpha value is -0.0800. The van der Waals surface area contributed by atoms with Crippen molar-refractivity contribution in [1.29, 1.82) is 0 Å². The van der Waals surface area contributed by atoms with Crippen LogP contribution < -0.4 is 5.32 Å². The number of nitrogens with one attached hydrogen (secondary N) is 1. The van der Waals surface area contributed by atoms with Crippen LogP contribution in [0.25, 0.3) is 0 Å². The Kier molecular flexibility index (Phi) is 4.04. The molecule has 1 N–H and O–H groups in total. The third-order valence-electron chi connectivity index (χ3n) is 4.50. The summed E-state index contributed by atoms with van der Waals surface area (Å²) in [6.07, 6.45) is 10.0. The number of hydrogen-bond acceptors (Lipinski definition) is 2. The fourth-order valence-electron chi connectivity index (χ4n) is 3.15. The lowest BCUT2D eigenvalue weighted by Crippen LogP contribution is -2.46. The Balaban J connectivity index is 1.79. The SMILES string of the molecule is CNC1CCCCC1CN(C)C1CCC1. The average Bonchev–Trinajstić information content (AvgIpc) is 2.15. The molecule has 0 aromatic heterocycles. The van der Waals surface area contributed by atoms with E-state index in [1.807, 2.05) is 0 Å². The molecular weight excluding hydrogens is 184 g/mol. The van der Waals surface area contributed by atoms with Gasteiger partial charge in [0.15, 0.2) is 0 Å². The minimum Gasteiger partial charge on any atom is -0.317 e. The molecule has 0 aromatic carbocycles. The highest BCUT2D eigenvalue weighted by Gasteiger charge is 2.28. The van der Waals surface area contributed by atoms with Crippen molar-refractivity contribution in [2.75, 3.05) is 20.6 Å². The fraction of sp³-hybridized carbons (Fsp3) is 1.00. The highest BCUT2D eigenvalue weighted by atomic mass is 15.1. The smallest absolute Gasteiger partial charge is 0.0104 e. The molecule has 2 unspecified atom stereocenters. The van der Waals surface area contributed by atoms with Gasteiger partial charge in [-0.25, -0.2) is 0 Å². The molecule has 2 fully saturated rings. The van der Waals surface area contributed by atoms with Gasteiger partial charge in [0.25, 0.3) is 0 Å². The summed E-state index contributed by atoms with van der Waals surface area (Å²) in [5.74, 6) is 0.898. The second-order valence-corrected chi connectivity index (χ2v) is 5.46. The first-order valence-electron chi connectivity index (χ1n) is 6.68. The van der Waals surface area contributed by atoms with Gasteiger partial charge in [0.2, 0.25) is 0 Å². The van der Waals surface area contributed by atoms with Gasteiger partial charge >= 0.3 is 0 Å². The van der Waals surface area contributed by atoms with E-state index in [1.165, 1.54) is 51.5 Å². The standard InChI is InChI=1S/C13H26N2/c1-14-13-9-4-3-6-11(13)10-15(2)12-7-5-8-12/h11-14H,3-10H2,1-2H3. The summed E-state index contributed by atoms with van der Waals surface area (Å²) in [7, 11) is 4.46. The van der Waals surface area contributed by atoms with Crippen molar-refractivity contribution < 1.29 is 0 Å². The molecule has 2 aliphatic rings. The van der Waals surface area contributed by atoms with Gasteiger partial charge in [-0.15, -0.1) is 0 Å². The molecule has 2 nitrogen and oxygen atoms in total. The summed E-state index contributed by atoms with van der Waals surface area (Å²) < 4.78 is 0. The summed E-state index contributed by atoms with van der Waals surface area (Å²) in [4.78, 5) is 2.61. The summed E-state index contributed by atoms with van der Waals surface area (Å²) in [5, 5.41) is 3.51. The highest BCUT2D eigenvalue weighted by molar-refractivity contribution is 4.85. The molecule has 15 heavy (non-hydrogen) atoms. The van der Waals surface area contributed by atoms with Crippen molar-refractivity contribution in [3.05, 3.63) is 0 Å². The molecule has 0 radical (unpaired) electrons. The Morgan fingerprint density at radius 2 is 1.80 bits per heavy atom. The zero-order valence-corrected chi connectivity index (χ0v) is 10.3. The van der Waals surface area contributed by atoms with E-state index in [0.29, 0.717) is 0 Å². The van der Waals surface area contributed by atoms with Crippen molar-refractivity contribution >= 4 is 0 Å². The molecule has 88 valence electrons. The van der Waals surface area contributed by atoms with Gasteiger partial charge in [-0.1, -0.05) is 19.3 Å². The van der Waals surface area contributed by atoms with E-state index >= 15 is 0 Å². The predicted octanol–water partition coefficient (Wildman–Crippen LogP) is 2.25. The van der Waals surface area contributed by atoms with Gasteiger partial charge in [-0.3, -0.25) is 0 Å². The van der Waals surface area contributed by atoms with Crippen LogP contribution in [0.15, 0.2) is 0 Å². The van der Waals surface area contributed by atoms with Crippen LogP contribution in [0.5, 0.6) is 0 Å². The molecule has 2 heteroatoms. The van der Waals surface area contributed by atoms with Crippen LogP contribution in [0.4, 0.5) is 0 Å². The maximum atomic E-state index is 3.51. The topological polar surface area (TPSA) is 15.3 Å². The number of nitrogens with zero attached hydrogens (tertiary/aromatic N) is 1. The minimum absolute atomic E-state index is 0.779. The Bertz CT molecular complexity index is 189. The Morgan fingerprint density at radius 3 is 2.40 bits per heavy atom. The van der Waals surface area contributed by atoms with Crippen molar-refractivity contribution in [3.63, 3.8) is 0 Å². The molecule has 2 saturated carbocycles. The minimum atomic E-state index is 0.779. The second-order valence-electron chi connectivity index (χ2n) is 5.46. The van der Waals surface area contributed by atoms with Gasteiger partial charge < -0.3 is 10.2 Å². The zero-order chi connectivity index (χ0) is 10.7. The van der Waals surface area contributed by atoms with Gasteiger partial charge in [-0.05, 0) is 45.7 Å². The molecule has 2 rings (SSSR count). The number of hydrogen-bond donors (Lipinski definition) is 1. The molecule has 0 spiro atoms. The van der Waals surface area contributed by atoms with Crippen LogP contribution in [0.1, 0.15) is 44.9 Å². The van der Waals surface area contributed by atoms with E-state index in [9.17, 15) is 0 Å². The third-order valence-corrected chi connectivity index (χ3v) is 4.50. The molecular formula is C13H26N2.